The third-order valence-electron chi connectivity index (χ3n) is 10.3. The highest BCUT2D eigenvalue weighted by atomic mass is 15.0. The van der Waals surface area contributed by atoms with E-state index < -0.39 is 0 Å². The van der Waals surface area contributed by atoms with Gasteiger partial charge in [-0.05, 0) is 75.5 Å². The molecule has 0 radical (unpaired) electrons. The summed E-state index contributed by atoms with van der Waals surface area (Å²) in [4.78, 5) is 0. The molecule has 0 atom stereocenters. The molecule has 10 aromatic rings. The highest BCUT2D eigenvalue weighted by molar-refractivity contribution is 6.28. The Hall–Kier alpha value is -5.86. The van der Waals surface area contributed by atoms with Crippen molar-refractivity contribution in [3.05, 3.63) is 157 Å². The number of benzene rings is 7. The molecule has 2 heteroatoms. The Morgan fingerprint density at radius 2 is 0.867 bits per heavy atom. The van der Waals surface area contributed by atoms with Crippen LogP contribution >= 0.6 is 0 Å². The van der Waals surface area contributed by atoms with Crippen LogP contribution in [0.5, 0.6) is 0 Å². The van der Waals surface area contributed by atoms with Crippen molar-refractivity contribution in [2.75, 3.05) is 0 Å². The first kappa shape index (κ1) is 23.6. The topological polar surface area (TPSA) is 9.34 Å². The van der Waals surface area contributed by atoms with Crippen molar-refractivity contribution in [3.8, 4) is 5.69 Å². The molecule has 0 fully saturated rings. The minimum Gasteiger partial charge on any atom is -0.309 e. The van der Waals surface area contributed by atoms with Gasteiger partial charge in [0.25, 0.3) is 0 Å². The second-order valence-electron chi connectivity index (χ2n) is 12.5. The van der Waals surface area contributed by atoms with E-state index in [4.69, 9.17) is 0 Å². The van der Waals surface area contributed by atoms with Crippen LogP contribution in [0.1, 0.15) is 11.1 Å². The number of hydrogen-bond acceptors (Lipinski definition) is 0. The quantitative estimate of drug-likeness (QED) is 0.186. The van der Waals surface area contributed by atoms with Gasteiger partial charge in [-0.3, -0.25) is 0 Å². The van der Waals surface area contributed by atoms with E-state index in [1.807, 2.05) is 0 Å². The fourth-order valence-corrected chi connectivity index (χ4v) is 8.49. The third-order valence-corrected chi connectivity index (χ3v) is 10.3. The van der Waals surface area contributed by atoms with Crippen LogP contribution in [-0.2, 0) is 6.42 Å². The molecule has 0 bridgehead atoms. The van der Waals surface area contributed by atoms with Gasteiger partial charge in [0.1, 0.15) is 0 Å². The van der Waals surface area contributed by atoms with E-state index in [9.17, 15) is 0 Å². The second-order valence-corrected chi connectivity index (χ2v) is 12.5. The van der Waals surface area contributed by atoms with Crippen molar-refractivity contribution in [1.29, 1.82) is 0 Å². The Kier molecular flexibility index (Phi) is 4.40. The SMILES string of the molecule is c1ccc(-n2c3ccccc3c3cc4c(cc32)c2cccc3c5cccc6c5c5c(cccc5c5ccccc5n4c32)C6)cc1. The molecule has 7 aromatic carbocycles. The summed E-state index contributed by atoms with van der Waals surface area (Å²) >= 11 is 0. The largest absolute Gasteiger partial charge is 0.309 e. The van der Waals surface area contributed by atoms with E-state index in [1.54, 1.807) is 0 Å². The molecule has 0 saturated heterocycles. The Morgan fingerprint density at radius 1 is 0.356 bits per heavy atom. The Labute approximate surface area is 258 Å². The first-order valence-electron chi connectivity index (χ1n) is 15.8. The Balaban J connectivity index is 1.48. The van der Waals surface area contributed by atoms with Crippen molar-refractivity contribution in [2.45, 2.75) is 6.42 Å². The molecular weight excluding hydrogens is 544 g/mol. The monoisotopic (exact) mass is 570 g/mol. The van der Waals surface area contributed by atoms with Crippen molar-refractivity contribution in [2.24, 2.45) is 0 Å². The van der Waals surface area contributed by atoms with Gasteiger partial charge < -0.3 is 8.97 Å². The summed E-state index contributed by atoms with van der Waals surface area (Å²) < 4.78 is 4.99. The number of rotatable bonds is 1. The van der Waals surface area contributed by atoms with Gasteiger partial charge in [-0.1, -0.05) is 109 Å². The highest BCUT2D eigenvalue weighted by Gasteiger charge is 2.22. The predicted molar refractivity (Wildman–Crippen MR) is 191 cm³/mol. The standard InChI is InChI=1S/C43H26N2/c1-2-13-28(14-3-1)44-37-21-6-5-16-30(37)35-24-40-36(25-39(35)44)34-20-10-19-33-32-18-9-12-27-23-26-11-8-17-31(41(26)42(27)32)29-15-4-7-22-38(29)45(40)43(33)34/h1-22,24-25H,23H2. The van der Waals surface area contributed by atoms with Crippen LogP contribution < -0.4 is 0 Å². The zero-order chi connectivity index (χ0) is 29.2. The van der Waals surface area contributed by atoms with Crippen LogP contribution in [0.15, 0.2) is 146 Å². The average molecular weight is 571 g/mol. The summed E-state index contributed by atoms with van der Waals surface area (Å²) in [5.74, 6) is 0. The first-order chi connectivity index (χ1) is 22.3. The number of nitrogens with zero attached hydrogens (tertiary/aromatic N) is 2. The van der Waals surface area contributed by atoms with Crippen LogP contribution in [-0.4, -0.2) is 8.97 Å². The van der Waals surface area contributed by atoms with Crippen LogP contribution in [0.4, 0.5) is 0 Å². The van der Waals surface area contributed by atoms with E-state index in [-0.39, 0.29) is 0 Å². The molecule has 0 amide bonds. The summed E-state index contributed by atoms with van der Waals surface area (Å²) in [6.07, 6.45) is 0.981. The predicted octanol–water partition coefficient (Wildman–Crippen LogP) is 11.3. The molecular formula is C43H26N2. The average Bonchev–Trinajstić information content (AvgIpc) is 3.75. The molecule has 1 aliphatic rings. The lowest BCUT2D eigenvalue weighted by Gasteiger charge is -2.08. The lowest BCUT2D eigenvalue weighted by molar-refractivity contribution is 1.18. The maximum absolute atomic E-state index is 2.56. The van der Waals surface area contributed by atoms with Crippen LogP contribution in [0, 0.1) is 0 Å². The number of para-hydroxylation sites is 4. The van der Waals surface area contributed by atoms with Crippen molar-refractivity contribution >= 4 is 81.4 Å². The Morgan fingerprint density at radius 3 is 1.62 bits per heavy atom. The molecule has 1 aliphatic carbocycles. The molecule has 0 unspecified atom stereocenters. The molecule has 0 N–H and O–H groups in total. The van der Waals surface area contributed by atoms with E-state index in [1.165, 1.54) is 98.3 Å². The summed E-state index contributed by atoms with van der Waals surface area (Å²) in [5, 5.41) is 13.1. The van der Waals surface area contributed by atoms with Crippen molar-refractivity contribution in [1.82, 2.24) is 8.97 Å². The van der Waals surface area contributed by atoms with Crippen LogP contribution in [0.2, 0.25) is 0 Å². The number of hydrogen-bond donors (Lipinski definition) is 0. The van der Waals surface area contributed by atoms with Crippen molar-refractivity contribution in [3.63, 3.8) is 0 Å². The van der Waals surface area contributed by atoms with Gasteiger partial charge in [-0.2, -0.15) is 0 Å². The smallest absolute Gasteiger partial charge is 0.0619 e. The van der Waals surface area contributed by atoms with E-state index in [0.717, 1.165) is 6.42 Å². The zero-order valence-electron chi connectivity index (χ0n) is 24.5. The zero-order valence-corrected chi connectivity index (χ0v) is 24.5. The Bertz CT molecular complexity index is 2940. The molecule has 2 nitrogen and oxygen atoms in total. The molecule has 0 saturated carbocycles. The maximum atomic E-state index is 2.56. The fourth-order valence-electron chi connectivity index (χ4n) is 8.49. The van der Waals surface area contributed by atoms with Gasteiger partial charge in [0, 0.05) is 38.0 Å². The summed E-state index contributed by atoms with van der Waals surface area (Å²) in [7, 11) is 0. The van der Waals surface area contributed by atoms with Crippen molar-refractivity contribution < 1.29 is 0 Å². The van der Waals surface area contributed by atoms with Gasteiger partial charge in [-0.25, -0.2) is 0 Å². The van der Waals surface area contributed by atoms with E-state index in [2.05, 4.69) is 155 Å². The molecule has 208 valence electrons. The summed E-state index contributed by atoms with van der Waals surface area (Å²) in [6, 6.07) is 54.2. The molecule has 3 aromatic heterocycles. The summed E-state index contributed by atoms with van der Waals surface area (Å²) in [6.45, 7) is 0. The first-order valence-corrected chi connectivity index (χ1v) is 15.8. The van der Waals surface area contributed by atoms with Gasteiger partial charge in [0.15, 0.2) is 0 Å². The summed E-state index contributed by atoms with van der Waals surface area (Å²) in [5.41, 5.74) is 10.2. The molecule has 45 heavy (non-hydrogen) atoms. The van der Waals surface area contributed by atoms with Crippen LogP contribution in [0.25, 0.3) is 87.1 Å². The third kappa shape index (κ3) is 2.94. The minimum atomic E-state index is 0.981. The lowest BCUT2D eigenvalue weighted by Crippen LogP contribution is -1.93. The maximum Gasteiger partial charge on any atom is 0.0619 e. The molecule has 0 spiro atoms. The normalized spacial score (nSPS) is 12.8. The van der Waals surface area contributed by atoms with Gasteiger partial charge in [0.2, 0.25) is 0 Å². The van der Waals surface area contributed by atoms with Gasteiger partial charge in [0.05, 0.1) is 27.6 Å². The number of aromatic nitrogens is 2. The van der Waals surface area contributed by atoms with Crippen LogP contribution in [0.3, 0.4) is 0 Å². The van der Waals surface area contributed by atoms with E-state index in [0.29, 0.717) is 0 Å². The fraction of sp³-hybridized carbons (Fsp3) is 0.0233. The van der Waals surface area contributed by atoms with E-state index >= 15 is 0 Å². The molecule has 3 heterocycles. The molecule has 0 aliphatic heterocycles. The highest BCUT2D eigenvalue weighted by Crippen LogP contribution is 2.44. The molecule has 11 rings (SSSR count). The lowest BCUT2D eigenvalue weighted by atomic mass is 10.0. The second kappa shape index (κ2) is 8.40. The van der Waals surface area contributed by atoms with Gasteiger partial charge in [-0.15, -0.1) is 0 Å². The van der Waals surface area contributed by atoms with Gasteiger partial charge >= 0.3 is 0 Å². The number of fused-ring (bicyclic) bond motifs is 10. The minimum absolute atomic E-state index is 0.981.